The fraction of sp³-hybridized carbons (Fsp3) is 0.310. The minimum atomic E-state index is -3.85. The van der Waals surface area contributed by atoms with Crippen LogP contribution in [0.15, 0.2) is 77.3 Å². The third-order valence-electron chi connectivity index (χ3n) is 6.21. The van der Waals surface area contributed by atoms with Crippen molar-refractivity contribution in [2.24, 2.45) is 0 Å². The predicted molar refractivity (Wildman–Crippen MR) is 160 cm³/mol. The molecule has 0 unspecified atom stereocenters. The van der Waals surface area contributed by atoms with Crippen LogP contribution in [0.3, 0.4) is 0 Å². The zero-order valence-corrected chi connectivity index (χ0v) is 25.4. The fourth-order valence-corrected chi connectivity index (χ4v) is 5.34. The standard InChI is InChI=1S/C29H33BrClN3O4S/c1-4-16-32-29(36)27(17-22-8-6-5-7-9-22)33(19-23-11-13-24(30)14-12-23)28(35)20-34(39(3,37)38)25-15-10-21(2)26(31)18-25/h5-15,18,27H,4,16-17,19-20H2,1-3H3,(H,32,36)/t27-/m0/s1. The first kappa shape index (κ1) is 30.7. The number of benzene rings is 3. The summed E-state index contributed by atoms with van der Waals surface area (Å²) in [6.07, 6.45) is 2.05. The van der Waals surface area contributed by atoms with Crippen molar-refractivity contribution in [2.45, 2.75) is 39.3 Å². The Bertz CT molecular complexity index is 1390. The highest BCUT2D eigenvalue weighted by Gasteiger charge is 2.33. The first-order valence-corrected chi connectivity index (χ1v) is 15.6. The topological polar surface area (TPSA) is 86.8 Å². The molecule has 0 saturated heterocycles. The second-order valence-electron chi connectivity index (χ2n) is 9.35. The van der Waals surface area contributed by atoms with Gasteiger partial charge in [0.1, 0.15) is 12.6 Å². The van der Waals surface area contributed by atoms with E-state index in [1.54, 1.807) is 12.1 Å². The highest BCUT2D eigenvalue weighted by molar-refractivity contribution is 9.10. The molecule has 0 aromatic heterocycles. The molecule has 7 nitrogen and oxygen atoms in total. The van der Waals surface area contributed by atoms with Gasteiger partial charge in [0.25, 0.3) is 0 Å². The summed E-state index contributed by atoms with van der Waals surface area (Å²) in [5.74, 6) is -0.803. The van der Waals surface area contributed by atoms with Gasteiger partial charge >= 0.3 is 0 Å². The average Bonchev–Trinajstić information content (AvgIpc) is 2.90. The van der Waals surface area contributed by atoms with Gasteiger partial charge in [-0.25, -0.2) is 8.42 Å². The molecule has 3 rings (SSSR count). The van der Waals surface area contributed by atoms with Crippen LogP contribution in [0.5, 0.6) is 0 Å². The number of aryl methyl sites for hydroxylation is 1. The maximum absolute atomic E-state index is 14.0. The Morgan fingerprint density at radius 2 is 1.67 bits per heavy atom. The van der Waals surface area contributed by atoms with E-state index in [0.29, 0.717) is 11.6 Å². The Kier molecular flexibility index (Phi) is 11.0. The first-order chi connectivity index (χ1) is 18.5. The fourth-order valence-electron chi connectivity index (χ4n) is 4.06. The summed E-state index contributed by atoms with van der Waals surface area (Å²) >= 11 is 9.71. The van der Waals surface area contributed by atoms with Crippen LogP contribution in [-0.2, 0) is 32.6 Å². The van der Waals surface area contributed by atoms with E-state index >= 15 is 0 Å². The Morgan fingerprint density at radius 3 is 2.26 bits per heavy atom. The second-order valence-corrected chi connectivity index (χ2v) is 12.6. The van der Waals surface area contributed by atoms with Gasteiger partial charge in [0.15, 0.2) is 0 Å². The molecule has 2 amide bonds. The molecular weight excluding hydrogens is 602 g/mol. The molecular formula is C29H33BrClN3O4S. The van der Waals surface area contributed by atoms with Gasteiger partial charge in [0.05, 0.1) is 11.9 Å². The number of halogens is 2. The lowest BCUT2D eigenvalue weighted by molar-refractivity contribution is -0.140. The first-order valence-electron chi connectivity index (χ1n) is 12.6. The summed E-state index contributed by atoms with van der Waals surface area (Å²) in [5, 5.41) is 3.31. The van der Waals surface area contributed by atoms with Crippen LogP contribution in [0.1, 0.15) is 30.0 Å². The number of nitrogens with zero attached hydrogens (tertiary/aromatic N) is 2. The van der Waals surface area contributed by atoms with Gasteiger partial charge in [-0.05, 0) is 54.3 Å². The van der Waals surface area contributed by atoms with E-state index in [4.69, 9.17) is 11.6 Å². The van der Waals surface area contributed by atoms with Crippen LogP contribution >= 0.6 is 27.5 Å². The molecule has 0 fully saturated rings. The molecule has 0 radical (unpaired) electrons. The third kappa shape index (κ3) is 8.81. The van der Waals surface area contributed by atoms with Gasteiger partial charge in [0, 0.05) is 29.0 Å². The molecule has 1 N–H and O–H groups in total. The Balaban J connectivity index is 2.04. The predicted octanol–water partition coefficient (Wildman–Crippen LogP) is 5.34. The third-order valence-corrected chi connectivity index (χ3v) is 8.29. The van der Waals surface area contributed by atoms with E-state index < -0.39 is 28.5 Å². The highest BCUT2D eigenvalue weighted by atomic mass is 79.9. The van der Waals surface area contributed by atoms with Crippen LogP contribution in [0.2, 0.25) is 5.02 Å². The Labute approximate surface area is 244 Å². The second kappa shape index (κ2) is 14.0. The number of hydrogen-bond donors (Lipinski definition) is 1. The van der Waals surface area contributed by atoms with Crippen molar-refractivity contribution in [1.82, 2.24) is 10.2 Å². The number of amides is 2. The molecule has 0 spiro atoms. The molecule has 3 aromatic rings. The average molecular weight is 635 g/mol. The summed E-state index contributed by atoms with van der Waals surface area (Å²) in [4.78, 5) is 28.9. The minimum absolute atomic E-state index is 0.120. The molecule has 39 heavy (non-hydrogen) atoms. The van der Waals surface area contributed by atoms with E-state index in [0.717, 1.165) is 38.1 Å². The van der Waals surface area contributed by atoms with Gasteiger partial charge in [-0.2, -0.15) is 0 Å². The monoisotopic (exact) mass is 633 g/mol. The van der Waals surface area contributed by atoms with Crippen LogP contribution in [-0.4, -0.2) is 50.5 Å². The molecule has 3 aromatic carbocycles. The number of sulfonamides is 1. The minimum Gasteiger partial charge on any atom is -0.354 e. The summed E-state index contributed by atoms with van der Waals surface area (Å²) in [6, 6.07) is 20.9. The number of hydrogen-bond acceptors (Lipinski definition) is 4. The zero-order chi connectivity index (χ0) is 28.6. The highest BCUT2D eigenvalue weighted by Crippen LogP contribution is 2.26. The van der Waals surface area contributed by atoms with Crippen molar-refractivity contribution in [3.63, 3.8) is 0 Å². The molecule has 1 atom stereocenters. The van der Waals surface area contributed by atoms with Gasteiger partial charge < -0.3 is 10.2 Å². The van der Waals surface area contributed by atoms with Gasteiger partial charge in [-0.15, -0.1) is 0 Å². The normalized spacial score (nSPS) is 12.0. The van der Waals surface area contributed by atoms with Gasteiger partial charge in [0.2, 0.25) is 21.8 Å². The summed E-state index contributed by atoms with van der Waals surface area (Å²) in [6.45, 7) is 3.86. The number of nitrogens with one attached hydrogen (secondary N) is 1. The quantitative estimate of drug-likeness (QED) is 0.291. The molecule has 0 aliphatic carbocycles. The van der Waals surface area contributed by atoms with Crippen LogP contribution in [0.25, 0.3) is 0 Å². The lowest BCUT2D eigenvalue weighted by Crippen LogP contribution is -2.53. The Morgan fingerprint density at radius 1 is 1.00 bits per heavy atom. The van der Waals surface area contributed by atoms with E-state index in [1.807, 2.05) is 68.4 Å². The maximum Gasteiger partial charge on any atom is 0.244 e. The molecule has 0 saturated carbocycles. The van der Waals surface area contributed by atoms with Crippen molar-refractivity contribution >= 4 is 55.1 Å². The molecule has 0 heterocycles. The molecule has 0 aliphatic heterocycles. The van der Waals surface area contributed by atoms with Crippen molar-refractivity contribution in [2.75, 3.05) is 23.7 Å². The van der Waals surface area contributed by atoms with Crippen LogP contribution in [0.4, 0.5) is 5.69 Å². The maximum atomic E-state index is 14.0. The molecule has 208 valence electrons. The van der Waals surface area contributed by atoms with Crippen LogP contribution < -0.4 is 9.62 Å². The molecule has 0 bridgehead atoms. The van der Waals surface area contributed by atoms with E-state index in [1.165, 1.54) is 11.0 Å². The number of carbonyl (C=O) groups is 2. The van der Waals surface area contributed by atoms with E-state index in [2.05, 4.69) is 21.2 Å². The van der Waals surface area contributed by atoms with E-state index in [-0.39, 0.29) is 24.6 Å². The van der Waals surface area contributed by atoms with Crippen molar-refractivity contribution < 1.29 is 18.0 Å². The van der Waals surface area contributed by atoms with Crippen molar-refractivity contribution in [3.8, 4) is 0 Å². The van der Waals surface area contributed by atoms with Gasteiger partial charge in [-0.3, -0.25) is 13.9 Å². The van der Waals surface area contributed by atoms with Crippen molar-refractivity contribution in [1.29, 1.82) is 0 Å². The van der Waals surface area contributed by atoms with Crippen LogP contribution in [0, 0.1) is 6.92 Å². The summed E-state index contributed by atoms with van der Waals surface area (Å²) in [7, 11) is -3.85. The summed E-state index contributed by atoms with van der Waals surface area (Å²) < 4.78 is 27.6. The SMILES string of the molecule is CCCNC(=O)[C@H](Cc1ccccc1)N(Cc1ccc(Br)cc1)C(=O)CN(c1ccc(C)c(Cl)c1)S(C)(=O)=O. The van der Waals surface area contributed by atoms with E-state index in [9.17, 15) is 18.0 Å². The number of carbonyl (C=O) groups excluding carboxylic acids is 2. The zero-order valence-electron chi connectivity index (χ0n) is 22.2. The smallest absolute Gasteiger partial charge is 0.244 e. The summed E-state index contributed by atoms with van der Waals surface area (Å²) in [5.41, 5.74) is 2.75. The van der Waals surface area contributed by atoms with Crippen molar-refractivity contribution in [3.05, 3.63) is 99.0 Å². The lowest BCUT2D eigenvalue weighted by atomic mass is 10.0. The lowest BCUT2D eigenvalue weighted by Gasteiger charge is -2.33. The number of anilines is 1. The molecule has 10 heteroatoms. The van der Waals surface area contributed by atoms with Gasteiger partial charge in [-0.1, -0.05) is 83.0 Å². The molecule has 0 aliphatic rings. The largest absolute Gasteiger partial charge is 0.354 e. The number of rotatable bonds is 12. The Hall–Kier alpha value is -2.88.